The Morgan fingerprint density at radius 3 is 1.76 bits per heavy atom. The maximum Gasteiger partial charge on any atom is 0.407 e. The summed E-state index contributed by atoms with van der Waals surface area (Å²) in [5.74, 6) is -0.450. The number of aliphatic hydroxyl groups excluding tert-OH is 2. The number of urea groups is 1. The summed E-state index contributed by atoms with van der Waals surface area (Å²) in [6, 6.07) is 26.8. The van der Waals surface area contributed by atoms with Gasteiger partial charge in [-0.2, -0.15) is 0 Å². The van der Waals surface area contributed by atoms with Gasteiger partial charge < -0.3 is 51.2 Å². The van der Waals surface area contributed by atoms with Crippen molar-refractivity contribution in [1.29, 1.82) is 0 Å². The molecule has 21 heteroatoms. The predicted molar refractivity (Wildman–Crippen MR) is 267 cm³/mol. The van der Waals surface area contributed by atoms with Crippen LogP contribution in [0.2, 0.25) is 0 Å². The second-order valence-corrected chi connectivity index (χ2v) is 24.3. The number of aliphatic hydroxyl groups is 2. The average molecular weight is 1050 g/mol. The number of carbonyl (C=O) groups is 4. The molecule has 3 heterocycles. The van der Waals surface area contributed by atoms with Crippen LogP contribution in [-0.4, -0.2) is 108 Å². The highest BCUT2D eigenvalue weighted by Crippen LogP contribution is 2.61. The second-order valence-electron chi connectivity index (χ2n) is 17.7. The largest absolute Gasteiger partial charge is 0.447 e. The molecule has 4 aromatic rings. The van der Waals surface area contributed by atoms with Gasteiger partial charge in [-0.15, -0.1) is 0 Å². The lowest BCUT2D eigenvalue weighted by atomic mass is 9.88. The fourth-order valence-electron chi connectivity index (χ4n) is 7.68. The highest BCUT2D eigenvalue weighted by atomic mass is 36.0. The van der Waals surface area contributed by atoms with Gasteiger partial charge in [0, 0.05) is 32.7 Å². The SMILES string of the molecule is CC(C)(C)OC(=O)N[C@@H](CO)CCC(=O)N1CCc2ccccc2[C@@H]1c1ccc(F)cc1.C[C@H](CN)CO.O=C1N[C@@H](CNC(=O)N2CCc3ccccc3[C@@H]2c2ccc(F)cc2)CO1.O=P(Cl)(Cl)Cl. The zero-order valence-electron chi connectivity index (χ0n) is 39.5. The van der Waals surface area contributed by atoms with Crippen molar-refractivity contribution in [3.05, 3.63) is 142 Å². The molecule has 7 N–H and O–H groups in total. The van der Waals surface area contributed by atoms with Crippen LogP contribution in [0.4, 0.5) is 23.2 Å². The molecule has 0 bridgehead atoms. The van der Waals surface area contributed by atoms with Crippen LogP contribution < -0.4 is 21.7 Å². The van der Waals surface area contributed by atoms with Crippen LogP contribution in [0.3, 0.4) is 0 Å². The Kier molecular flexibility index (Phi) is 22.7. The lowest BCUT2D eigenvalue weighted by Gasteiger charge is -2.38. The van der Waals surface area contributed by atoms with E-state index in [1.54, 1.807) is 54.8 Å². The van der Waals surface area contributed by atoms with E-state index < -0.39 is 29.0 Å². The summed E-state index contributed by atoms with van der Waals surface area (Å²) < 4.78 is 46.5. The minimum atomic E-state index is -3.22. The number of carbonyl (C=O) groups excluding carboxylic acids is 4. The number of benzene rings is 4. The van der Waals surface area contributed by atoms with E-state index >= 15 is 0 Å². The van der Waals surface area contributed by atoms with Crippen molar-refractivity contribution < 1.29 is 52.2 Å². The van der Waals surface area contributed by atoms with Gasteiger partial charge in [0.1, 0.15) is 23.8 Å². The first kappa shape index (κ1) is 57.6. The quantitative estimate of drug-likeness (QED) is 0.0785. The number of hydrogen-bond donors (Lipinski definition) is 6. The summed E-state index contributed by atoms with van der Waals surface area (Å²) in [4.78, 5) is 52.8. The summed E-state index contributed by atoms with van der Waals surface area (Å²) in [5, 5.41) is 22.8. The number of alkyl carbamates (subject to hydrolysis) is 2. The van der Waals surface area contributed by atoms with Crippen LogP contribution in [0.15, 0.2) is 97.1 Å². The van der Waals surface area contributed by atoms with Gasteiger partial charge >= 0.3 is 23.4 Å². The molecule has 4 aromatic carbocycles. The Bertz CT molecular complexity index is 2370. The molecule has 0 unspecified atom stereocenters. The van der Waals surface area contributed by atoms with E-state index in [1.807, 2.05) is 43.3 Å². The molecular formula is C49H62Cl3F2N6O9P. The van der Waals surface area contributed by atoms with E-state index in [0.29, 0.717) is 26.2 Å². The Morgan fingerprint density at radius 1 is 0.843 bits per heavy atom. The average Bonchev–Trinajstić information content (AvgIpc) is 3.75. The van der Waals surface area contributed by atoms with Crippen LogP contribution in [-0.2, 0) is 31.7 Å². The minimum Gasteiger partial charge on any atom is -0.447 e. The molecule has 0 aromatic heterocycles. The van der Waals surface area contributed by atoms with Crippen LogP contribution >= 0.6 is 38.9 Å². The van der Waals surface area contributed by atoms with Gasteiger partial charge in [-0.25, -0.2) is 23.2 Å². The third-order valence-electron chi connectivity index (χ3n) is 11.1. The molecule has 1 fully saturated rings. The molecule has 3 aliphatic heterocycles. The molecule has 382 valence electrons. The number of amides is 5. The summed E-state index contributed by atoms with van der Waals surface area (Å²) >= 11 is 13.8. The smallest absolute Gasteiger partial charge is 0.407 e. The molecule has 0 radical (unpaired) electrons. The summed E-state index contributed by atoms with van der Waals surface area (Å²) in [5.41, 5.74) is 10.6. The number of halogens is 5. The lowest BCUT2D eigenvalue weighted by Crippen LogP contribution is -2.49. The van der Waals surface area contributed by atoms with Crippen molar-refractivity contribution in [2.24, 2.45) is 11.7 Å². The molecular weight excluding hydrogens is 992 g/mol. The number of cyclic esters (lactones) is 1. The predicted octanol–water partition coefficient (Wildman–Crippen LogP) is 8.94. The van der Waals surface area contributed by atoms with Crippen LogP contribution in [0.25, 0.3) is 0 Å². The zero-order valence-corrected chi connectivity index (χ0v) is 42.6. The van der Waals surface area contributed by atoms with Crippen LogP contribution in [0.1, 0.15) is 86.0 Å². The number of nitrogens with one attached hydrogen (secondary N) is 3. The van der Waals surface area contributed by atoms with Crippen molar-refractivity contribution in [3.8, 4) is 0 Å². The van der Waals surface area contributed by atoms with Gasteiger partial charge in [-0.05, 0) is 144 Å². The van der Waals surface area contributed by atoms with E-state index in [-0.39, 0.29) is 80.3 Å². The molecule has 1 saturated heterocycles. The highest BCUT2D eigenvalue weighted by molar-refractivity contribution is 8.24. The van der Waals surface area contributed by atoms with E-state index in [0.717, 1.165) is 35.1 Å². The van der Waals surface area contributed by atoms with Crippen molar-refractivity contribution in [2.45, 2.75) is 83.1 Å². The van der Waals surface area contributed by atoms with Gasteiger partial charge in [-0.3, -0.25) is 9.36 Å². The van der Waals surface area contributed by atoms with Crippen molar-refractivity contribution >= 4 is 63.0 Å². The first-order chi connectivity index (χ1) is 33.1. The molecule has 70 heavy (non-hydrogen) atoms. The van der Waals surface area contributed by atoms with Crippen LogP contribution in [0.5, 0.6) is 0 Å². The first-order valence-electron chi connectivity index (χ1n) is 22.6. The fourth-order valence-corrected chi connectivity index (χ4v) is 7.68. The third kappa shape index (κ3) is 19.0. The lowest BCUT2D eigenvalue weighted by molar-refractivity contribution is -0.133. The Labute approximate surface area is 422 Å². The number of nitrogens with two attached hydrogens (primary N) is 1. The van der Waals surface area contributed by atoms with Gasteiger partial charge in [-0.1, -0.05) is 79.7 Å². The number of nitrogens with zero attached hydrogens (tertiary/aromatic N) is 2. The van der Waals surface area contributed by atoms with Gasteiger partial charge in [0.2, 0.25) is 5.91 Å². The molecule has 5 amide bonds. The highest BCUT2D eigenvalue weighted by Gasteiger charge is 2.34. The molecule has 3 aliphatic rings. The van der Waals surface area contributed by atoms with E-state index in [9.17, 15) is 37.6 Å². The topological polar surface area (TPSA) is 213 Å². The molecule has 7 rings (SSSR count). The van der Waals surface area contributed by atoms with Gasteiger partial charge in [0.05, 0.1) is 30.8 Å². The summed E-state index contributed by atoms with van der Waals surface area (Å²) in [7, 11) is 0. The van der Waals surface area contributed by atoms with Gasteiger partial charge in [0.25, 0.3) is 0 Å². The second kappa shape index (κ2) is 27.6. The number of hydrogen-bond acceptors (Lipinski definition) is 10. The molecule has 0 spiro atoms. The fraction of sp³-hybridized carbons (Fsp3) is 0.429. The first-order valence-corrected chi connectivity index (χ1v) is 27.1. The van der Waals surface area contributed by atoms with E-state index in [4.69, 9.17) is 20.3 Å². The molecule has 15 nitrogen and oxygen atoms in total. The summed E-state index contributed by atoms with van der Waals surface area (Å²) in [6.45, 7) is 9.29. The standard InChI is InChI=1S/C25H31FN2O4.C20H20FN3O3.C4H11NO.Cl3OP/c1-25(2,3)32-24(31)27-20(16-29)12-13-22(30)28-15-14-17-6-4-5-7-21(17)23(28)18-8-10-19(26)11-9-18;21-15-7-5-14(6-8-15)18-17-4-2-1-3-13(17)9-10-24(18)19(25)22-11-16-12-27-20(26)23-16;1-4(2-5)3-6;1-5(2,3)4/h4-11,20,23,29H,12-16H2,1-3H3,(H,27,31);1-8,16,18H,9-12H2,(H,22,25)(H,23,26);4,6H,2-3,5H2,1H3;/t20-,23+;16-,18-;4-;/m101./s1. The number of rotatable bonds is 11. The maximum absolute atomic E-state index is 13.5. The zero-order chi connectivity index (χ0) is 51.6. The third-order valence-corrected chi connectivity index (χ3v) is 11.1. The molecule has 5 atom stereocenters. The van der Waals surface area contributed by atoms with E-state index in [1.165, 1.54) is 35.4 Å². The molecule has 0 aliphatic carbocycles. The normalized spacial score (nSPS) is 17.9. The van der Waals surface area contributed by atoms with Crippen LogP contribution in [0, 0.1) is 17.6 Å². The van der Waals surface area contributed by atoms with Gasteiger partial charge in [0.15, 0.2) is 0 Å². The Morgan fingerprint density at radius 2 is 1.33 bits per heavy atom. The Hall–Kier alpha value is -5.00. The Balaban J connectivity index is 0.000000253. The van der Waals surface area contributed by atoms with E-state index in [2.05, 4.69) is 61.8 Å². The monoisotopic (exact) mass is 1050 g/mol. The maximum atomic E-state index is 13.5. The van der Waals surface area contributed by atoms with Crippen molar-refractivity contribution in [3.63, 3.8) is 0 Å². The van der Waals surface area contributed by atoms with Crippen molar-refractivity contribution in [2.75, 3.05) is 46.0 Å². The summed E-state index contributed by atoms with van der Waals surface area (Å²) in [6.07, 6.45) is 0.832. The number of fused-ring (bicyclic) bond motifs is 2. The van der Waals surface area contributed by atoms with Crippen molar-refractivity contribution in [1.82, 2.24) is 25.8 Å². The minimum absolute atomic E-state index is 0.0849. The molecule has 0 saturated carbocycles. The number of ether oxygens (including phenoxy) is 2.